The smallest absolute Gasteiger partial charge is 0.462 e. The number of aliphatic hydroxyl groups is 1. The highest BCUT2D eigenvalue weighted by Gasteiger charge is 2.30. The Hall–Kier alpha value is -5.06. The number of esters is 4. The first-order valence-electron chi connectivity index (χ1n) is 38.1. The molecule has 0 rings (SSSR count). The predicted molar refractivity (Wildman–Crippen MR) is 408 cm³/mol. The minimum absolute atomic E-state index is 0.0193. The molecule has 0 aromatic rings. The number of rotatable bonds is 70. The standard InChI is InChI=1S/C81H134O17P2/c1-5-9-13-17-21-25-29-33-36-37-40-43-46-50-54-58-62-66-79(84)92-71-76(97-80(85)67-63-59-55-51-47-41-32-28-24-20-16-12-8-4)73-95-99(87,88)93-69-75(82)70-94-100(89,90)96-74-77(98-81(86)68-64-60-56-52-48-44-39-35-31-27-23-19-15-11-7-3)72-91-78(83)65-61-57-53-49-45-42-38-34-30-26-22-18-14-10-6-2/h9-11,13-15,21-23,25-27,33-36,38-39,45,48-49,52,57,61,75-77,82H,5-8,12,16-20,24,28-32,37,40-44,46-47,50-51,53-56,58-60,62-74H2,1-4H3,(H,87,88)(H,89,90)/b13-9-,14-10-,15-11-,25-21-,26-22-,27-23-,36-33-,38-34-,39-35-,49-45-,52-48-,61-57-. The van der Waals surface area contributed by atoms with Crippen LogP contribution in [0.1, 0.15) is 285 Å². The summed E-state index contributed by atoms with van der Waals surface area (Å²) in [6, 6.07) is 0. The van der Waals surface area contributed by atoms with E-state index in [4.69, 9.17) is 37.0 Å². The van der Waals surface area contributed by atoms with Crippen LogP contribution in [-0.4, -0.2) is 96.7 Å². The van der Waals surface area contributed by atoms with Crippen molar-refractivity contribution < 1.29 is 80.2 Å². The molecule has 0 bridgehead atoms. The Morgan fingerprint density at radius 2 is 0.560 bits per heavy atom. The van der Waals surface area contributed by atoms with Gasteiger partial charge < -0.3 is 33.8 Å². The Morgan fingerprint density at radius 1 is 0.300 bits per heavy atom. The van der Waals surface area contributed by atoms with Gasteiger partial charge in [0.1, 0.15) is 19.3 Å². The van der Waals surface area contributed by atoms with Gasteiger partial charge in [0.05, 0.1) is 32.8 Å². The largest absolute Gasteiger partial charge is 0.472 e. The molecule has 0 heterocycles. The molecule has 5 atom stereocenters. The molecule has 0 aromatic carbocycles. The van der Waals surface area contributed by atoms with Crippen molar-refractivity contribution in [1.82, 2.24) is 0 Å². The van der Waals surface area contributed by atoms with Gasteiger partial charge in [-0.25, -0.2) is 9.13 Å². The highest BCUT2D eigenvalue weighted by molar-refractivity contribution is 7.47. The topological polar surface area (TPSA) is 237 Å². The van der Waals surface area contributed by atoms with Crippen LogP contribution in [0, 0.1) is 0 Å². The summed E-state index contributed by atoms with van der Waals surface area (Å²) in [5, 5.41) is 10.6. The Labute approximate surface area is 605 Å². The molecule has 0 radical (unpaired) electrons. The number of unbranched alkanes of at least 4 members (excludes halogenated alkanes) is 21. The van der Waals surface area contributed by atoms with Crippen molar-refractivity contribution in [2.24, 2.45) is 0 Å². The monoisotopic (exact) mass is 1440 g/mol. The molecule has 19 heteroatoms. The van der Waals surface area contributed by atoms with Crippen LogP contribution in [0.3, 0.4) is 0 Å². The van der Waals surface area contributed by atoms with Crippen molar-refractivity contribution in [3.63, 3.8) is 0 Å². The minimum Gasteiger partial charge on any atom is -0.462 e. The van der Waals surface area contributed by atoms with Gasteiger partial charge >= 0.3 is 39.5 Å². The molecular weight excluding hydrogens is 1310 g/mol. The van der Waals surface area contributed by atoms with Crippen LogP contribution in [0.2, 0.25) is 0 Å². The zero-order valence-corrected chi connectivity index (χ0v) is 63.9. The number of allylic oxidation sites excluding steroid dienone is 23. The van der Waals surface area contributed by atoms with Crippen LogP contribution >= 0.6 is 15.6 Å². The van der Waals surface area contributed by atoms with Gasteiger partial charge in [0.2, 0.25) is 0 Å². The number of hydrogen-bond acceptors (Lipinski definition) is 15. The zero-order valence-electron chi connectivity index (χ0n) is 62.1. The van der Waals surface area contributed by atoms with Gasteiger partial charge in [0.15, 0.2) is 12.2 Å². The fourth-order valence-electron chi connectivity index (χ4n) is 9.65. The lowest BCUT2D eigenvalue weighted by atomic mass is 10.0. The highest BCUT2D eigenvalue weighted by atomic mass is 31.2. The summed E-state index contributed by atoms with van der Waals surface area (Å²) in [6.45, 7) is 4.35. The average Bonchev–Trinajstić information content (AvgIpc) is 0.988. The molecule has 0 aliphatic heterocycles. The number of phosphoric acid groups is 2. The zero-order chi connectivity index (χ0) is 73.2. The SMILES string of the molecule is CC/C=C\C/C=C\C/C=C\C/C=C\C/C=C\CC(=O)OCC(COP(=O)(O)OCC(O)COP(=O)(O)OCC(COC(=O)CCCCCCCCC/C=C\C/C=C\C/C=C\CC)OC(=O)CCCCCCCCCCCCCCC)OC(=O)CCCC/C=C\C/C=C\C/C=C\C/C=C\CC. The molecule has 3 N–H and O–H groups in total. The van der Waals surface area contributed by atoms with E-state index in [-0.39, 0.29) is 25.7 Å². The van der Waals surface area contributed by atoms with Crippen LogP contribution in [0.4, 0.5) is 0 Å². The van der Waals surface area contributed by atoms with Gasteiger partial charge in [0, 0.05) is 19.3 Å². The summed E-state index contributed by atoms with van der Waals surface area (Å²) in [5.41, 5.74) is 0. The molecule has 0 saturated heterocycles. The van der Waals surface area contributed by atoms with Crippen molar-refractivity contribution in [2.45, 2.75) is 303 Å². The van der Waals surface area contributed by atoms with Crippen LogP contribution < -0.4 is 0 Å². The summed E-state index contributed by atoms with van der Waals surface area (Å²) in [7, 11) is -10.00. The van der Waals surface area contributed by atoms with Crippen molar-refractivity contribution >= 4 is 39.5 Å². The molecule has 0 amide bonds. The second-order valence-electron chi connectivity index (χ2n) is 24.8. The molecule has 100 heavy (non-hydrogen) atoms. The van der Waals surface area contributed by atoms with E-state index in [2.05, 4.69) is 143 Å². The Morgan fingerprint density at radius 3 is 0.910 bits per heavy atom. The summed E-state index contributed by atoms with van der Waals surface area (Å²) in [5.74, 6) is -2.38. The number of carbonyl (C=O) groups is 4. The summed E-state index contributed by atoms with van der Waals surface area (Å²) in [4.78, 5) is 72.8. The first-order chi connectivity index (χ1) is 48.7. The predicted octanol–water partition coefficient (Wildman–Crippen LogP) is 21.9. The number of aliphatic hydroxyl groups excluding tert-OH is 1. The van der Waals surface area contributed by atoms with E-state index in [1.54, 1.807) is 6.08 Å². The quantitative estimate of drug-likeness (QED) is 0.0169. The fraction of sp³-hybridized carbons (Fsp3) is 0.654. The third-order valence-electron chi connectivity index (χ3n) is 15.3. The maximum atomic E-state index is 13.1. The van der Waals surface area contributed by atoms with E-state index in [1.165, 1.54) is 51.4 Å². The van der Waals surface area contributed by atoms with Crippen molar-refractivity contribution in [1.29, 1.82) is 0 Å². The van der Waals surface area contributed by atoms with E-state index in [9.17, 15) is 43.2 Å². The maximum absolute atomic E-state index is 13.1. The molecule has 5 unspecified atom stereocenters. The van der Waals surface area contributed by atoms with Crippen LogP contribution in [0.5, 0.6) is 0 Å². The third kappa shape index (κ3) is 71.3. The van der Waals surface area contributed by atoms with Crippen LogP contribution in [0.25, 0.3) is 0 Å². The Bertz CT molecular complexity index is 2470. The van der Waals surface area contributed by atoms with Gasteiger partial charge in [0.25, 0.3) is 0 Å². The van der Waals surface area contributed by atoms with E-state index >= 15 is 0 Å². The minimum atomic E-state index is -5.01. The normalized spacial score (nSPS) is 14.8. The third-order valence-corrected chi connectivity index (χ3v) is 17.2. The Kier molecular flexibility index (Phi) is 68.6. The molecule has 0 aromatic heterocycles. The molecule has 0 aliphatic rings. The maximum Gasteiger partial charge on any atom is 0.472 e. The second kappa shape index (κ2) is 72.3. The molecular formula is C81H134O17P2. The van der Waals surface area contributed by atoms with Crippen molar-refractivity contribution in [3.8, 4) is 0 Å². The molecule has 17 nitrogen and oxygen atoms in total. The van der Waals surface area contributed by atoms with Crippen molar-refractivity contribution in [2.75, 3.05) is 39.6 Å². The van der Waals surface area contributed by atoms with Crippen LogP contribution in [-0.2, 0) is 65.4 Å². The van der Waals surface area contributed by atoms with E-state index in [0.717, 1.165) is 148 Å². The summed E-state index contributed by atoms with van der Waals surface area (Å²) < 4.78 is 68.3. The summed E-state index contributed by atoms with van der Waals surface area (Å²) in [6.07, 6.45) is 81.6. The summed E-state index contributed by atoms with van der Waals surface area (Å²) >= 11 is 0. The lowest BCUT2D eigenvalue weighted by Gasteiger charge is -2.21. The molecule has 570 valence electrons. The molecule has 0 spiro atoms. The van der Waals surface area contributed by atoms with Gasteiger partial charge in [-0.3, -0.25) is 37.3 Å². The second-order valence-corrected chi connectivity index (χ2v) is 27.7. The number of carbonyl (C=O) groups excluding carboxylic acids is 4. The van der Waals surface area contributed by atoms with Gasteiger partial charge in [-0.15, -0.1) is 0 Å². The molecule has 0 fully saturated rings. The first kappa shape index (κ1) is 94.9. The molecule has 0 saturated carbocycles. The van der Waals surface area contributed by atoms with Crippen molar-refractivity contribution in [3.05, 3.63) is 146 Å². The van der Waals surface area contributed by atoms with E-state index in [0.29, 0.717) is 32.1 Å². The van der Waals surface area contributed by atoms with Gasteiger partial charge in [-0.1, -0.05) is 283 Å². The first-order valence-corrected chi connectivity index (χ1v) is 41.1. The van der Waals surface area contributed by atoms with Crippen LogP contribution in [0.15, 0.2) is 146 Å². The highest BCUT2D eigenvalue weighted by Crippen LogP contribution is 2.45. The van der Waals surface area contributed by atoms with Gasteiger partial charge in [-0.05, 0) is 122 Å². The Balaban J connectivity index is 5.45. The molecule has 0 aliphatic carbocycles. The fourth-order valence-corrected chi connectivity index (χ4v) is 11.2. The lowest BCUT2D eigenvalue weighted by molar-refractivity contribution is -0.161. The number of hydrogen-bond donors (Lipinski definition) is 3. The van der Waals surface area contributed by atoms with Gasteiger partial charge in [-0.2, -0.15) is 0 Å². The number of phosphoric ester groups is 2. The lowest BCUT2D eigenvalue weighted by Crippen LogP contribution is -2.30. The van der Waals surface area contributed by atoms with E-state index in [1.807, 2.05) is 24.3 Å². The van der Waals surface area contributed by atoms with E-state index < -0.39 is 97.5 Å². The number of ether oxygens (including phenoxy) is 4. The average molecular weight is 1440 g/mol.